The summed E-state index contributed by atoms with van der Waals surface area (Å²) in [6, 6.07) is 8.80. The molecule has 4 rings (SSSR count). The van der Waals surface area contributed by atoms with Crippen LogP contribution in [0, 0.1) is 0 Å². The van der Waals surface area contributed by atoms with Crippen molar-refractivity contribution < 1.29 is 9.90 Å². The summed E-state index contributed by atoms with van der Waals surface area (Å²) in [5, 5.41) is 20.2. The average Bonchev–Trinajstić information content (AvgIpc) is 3.25. The molecule has 1 aliphatic heterocycles. The molecule has 124 valence electrons. The first kappa shape index (κ1) is 15.3. The summed E-state index contributed by atoms with van der Waals surface area (Å²) in [6.45, 7) is 2.83. The van der Waals surface area contributed by atoms with E-state index >= 15 is 0 Å². The van der Waals surface area contributed by atoms with E-state index in [2.05, 4.69) is 44.9 Å². The molecule has 7 heteroatoms. The molecule has 1 aromatic carbocycles. The quantitative estimate of drug-likeness (QED) is 0.789. The number of aromatic carboxylic acids is 1. The summed E-state index contributed by atoms with van der Waals surface area (Å²) in [5.41, 5.74) is 1.36. The molecule has 3 aromatic rings. The van der Waals surface area contributed by atoms with Crippen molar-refractivity contribution in [3.05, 3.63) is 47.1 Å². The van der Waals surface area contributed by atoms with Crippen molar-refractivity contribution in [1.82, 2.24) is 19.9 Å². The fraction of sp³-hybridized carbons (Fsp3) is 0.353. The predicted octanol–water partition coefficient (Wildman–Crippen LogP) is 3.03. The standard InChI is InChI=1S/C17H18N4O2S/c22-17(23)15-11-21(19-18-15)14-5-2-7-20(10-14)9-13-4-1-3-12-6-8-24-16(12)13/h1,3-4,6,8,11,14H,2,5,7,9-10H2,(H,22,23). The van der Waals surface area contributed by atoms with Gasteiger partial charge < -0.3 is 5.11 Å². The number of likely N-dealkylation sites (tertiary alicyclic amines) is 1. The lowest BCUT2D eigenvalue weighted by atomic mass is 10.0. The highest BCUT2D eigenvalue weighted by Crippen LogP contribution is 2.28. The van der Waals surface area contributed by atoms with Gasteiger partial charge >= 0.3 is 5.97 Å². The molecule has 0 saturated carbocycles. The third kappa shape index (κ3) is 2.92. The lowest BCUT2D eigenvalue weighted by Gasteiger charge is -2.32. The molecule has 1 fully saturated rings. The van der Waals surface area contributed by atoms with Crippen LogP contribution in [0.5, 0.6) is 0 Å². The molecular weight excluding hydrogens is 324 g/mol. The first-order valence-electron chi connectivity index (χ1n) is 8.03. The van der Waals surface area contributed by atoms with Crippen LogP contribution in [0.4, 0.5) is 0 Å². The SMILES string of the molecule is O=C(O)c1cn(C2CCCN(Cc3cccc4ccsc34)C2)nn1. The van der Waals surface area contributed by atoms with Crippen LogP contribution < -0.4 is 0 Å². The zero-order valence-corrected chi connectivity index (χ0v) is 13.9. The predicted molar refractivity (Wildman–Crippen MR) is 92.4 cm³/mol. The van der Waals surface area contributed by atoms with Gasteiger partial charge in [0.25, 0.3) is 0 Å². The topological polar surface area (TPSA) is 71.2 Å². The van der Waals surface area contributed by atoms with Gasteiger partial charge in [-0.25, -0.2) is 9.48 Å². The van der Waals surface area contributed by atoms with Gasteiger partial charge in [-0.05, 0) is 41.8 Å². The fourth-order valence-corrected chi connectivity index (χ4v) is 4.27. The average molecular weight is 342 g/mol. The van der Waals surface area contributed by atoms with Crippen LogP contribution in [-0.4, -0.2) is 44.1 Å². The van der Waals surface area contributed by atoms with Crippen molar-refractivity contribution >= 4 is 27.4 Å². The van der Waals surface area contributed by atoms with E-state index in [0.717, 1.165) is 32.5 Å². The third-order valence-electron chi connectivity index (χ3n) is 4.54. The van der Waals surface area contributed by atoms with Gasteiger partial charge in [-0.15, -0.1) is 16.4 Å². The van der Waals surface area contributed by atoms with E-state index in [4.69, 9.17) is 5.11 Å². The Morgan fingerprint density at radius 2 is 2.29 bits per heavy atom. The van der Waals surface area contributed by atoms with Crippen molar-refractivity contribution in [1.29, 1.82) is 0 Å². The number of piperidine rings is 1. The molecule has 6 nitrogen and oxygen atoms in total. The number of aromatic nitrogens is 3. The molecule has 3 heterocycles. The van der Waals surface area contributed by atoms with E-state index in [9.17, 15) is 4.79 Å². The van der Waals surface area contributed by atoms with Crippen LogP contribution in [0.3, 0.4) is 0 Å². The summed E-state index contributed by atoms with van der Waals surface area (Å²) < 4.78 is 3.06. The Bertz CT molecular complexity index is 872. The maximum Gasteiger partial charge on any atom is 0.358 e. The minimum Gasteiger partial charge on any atom is -0.476 e. The van der Waals surface area contributed by atoms with E-state index < -0.39 is 5.97 Å². The zero-order chi connectivity index (χ0) is 16.5. The normalized spacial score (nSPS) is 18.9. The van der Waals surface area contributed by atoms with Gasteiger partial charge in [0.1, 0.15) is 0 Å². The lowest BCUT2D eigenvalue weighted by Crippen LogP contribution is -2.36. The highest BCUT2D eigenvalue weighted by atomic mass is 32.1. The van der Waals surface area contributed by atoms with E-state index in [1.165, 1.54) is 21.8 Å². The molecular formula is C17H18N4O2S. The van der Waals surface area contributed by atoms with Crippen molar-refractivity contribution in [2.75, 3.05) is 13.1 Å². The van der Waals surface area contributed by atoms with Gasteiger partial charge in [0, 0.05) is 17.8 Å². The molecule has 1 unspecified atom stereocenters. The van der Waals surface area contributed by atoms with Crippen LogP contribution in [0.15, 0.2) is 35.8 Å². The molecule has 0 aliphatic carbocycles. The van der Waals surface area contributed by atoms with E-state index in [1.807, 2.05) is 0 Å². The number of hydrogen-bond donors (Lipinski definition) is 1. The summed E-state index contributed by atoms with van der Waals surface area (Å²) in [4.78, 5) is 13.4. The maximum atomic E-state index is 11.0. The molecule has 1 atom stereocenters. The van der Waals surface area contributed by atoms with Crippen LogP contribution in [0.1, 0.15) is 34.9 Å². The lowest BCUT2D eigenvalue weighted by molar-refractivity contribution is 0.0690. The van der Waals surface area contributed by atoms with Crippen LogP contribution in [0.2, 0.25) is 0 Å². The number of fused-ring (bicyclic) bond motifs is 1. The monoisotopic (exact) mass is 342 g/mol. The Balaban J connectivity index is 1.50. The van der Waals surface area contributed by atoms with Crippen LogP contribution in [-0.2, 0) is 6.54 Å². The fourth-order valence-electron chi connectivity index (χ4n) is 3.36. The van der Waals surface area contributed by atoms with Crippen molar-refractivity contribution in [3.8, 4) is 0 Å². The molecule has 1 N–H and O–H groups in total. The Labute approximate surface area is 143 Å². The first-order valence-corrected chi connectivity index (χ1v) is 8.91. The third-order valence-corrected chi connectivity index (χ3v) is 5.54. The van der Waals surface area contributed by atoms with E-state index in [0.29, 0.717) is 0 Å². The number of rotatable bonds is 4. The Morgan fingerprint density at radius 1 is 1.38 bits per heavy atom. The number of carbonyl (C=O) groups is 1. The number of benzene rings is 1. The highest BCUT2D eigenvalue weighted by molar-refractivity contribution is 7.17. The van der Waals surface area contributed by atoms with Crippen molar-refractivity contribution in [2.24, 2.45) is 0 Å². The smallest absolute Gasteiger partial charge is 0.358 e. The van der Waals surface area contributed by atoms with Gasteiger partial charge in [-0.3, -0.25) is 4.90 Å². The van der Waals surface area contributed by atoms with Crippen molar-refractivity contribution in [2.45, 2.75) is 25.4 Å². The Morgan fingerprint density at radius 3 is 3.12 bits per heavy atom. The summed E-state index contributed by atoms with van der Waals surface area (Å²) in [6.07, 6.45) is 3.62. The Hall–Kier alpha value is -2.25. The second-order valence-corrected chi connectivity index (χ2v) is 7.09. The summed E-state index contributed by atoms with van der Waals surface area (Å²) in [7, 11) is 0. The zero-order valence-electron chi connectivity index (χ0n) is 13.1. The second kappa shape index (κ2) is 6.33. The van der Waals surface area contributed by atoms with Crippen LogP contribution in [0.25, 0.3) is 10.1 Å². The molecule has 1 aliphatic rings. The molecule has 0 amide bonds. The van der Waals surface area contributed by atoms with Crippen LogP contribution >= 0.6 is 11.3 Å². The Kier molecular flexibility index (Phi) is 4.03. The minimum absolute atomic E-state index is 0.00970. The minimum atomic E-state index is -1.03. The van der Waals surface area contributed by atoms with Gasteiger partial charge in [0.2, 0.25) is 0 Å². The van der Waals surface area contributed by atoms with Crippen molar-refractivity contribution in [3.63, 3.8) is 0 Å². The summed E-state index contributed by atoms with van der Waals surface area (Å²) >= 11 is 1.79. The van der Waals surface area contributed by atoms with E-state index in [1.54, 1.807) is 16.0 Å². The number of carboxylic acid groups (broad SMARTS) is 1. The van der Waals surface area contributed by atoms with Gasteiger partial charge in [0.05, 0.1) is 12.2 Å². The molecule has 0 spiro atoms. The first-order chi connectivity index (χ1) is 11.7. The van der Waals surface area contributed by atoms with Gasteiger partial charge in [-0.2, -0.15) is 0 Å². The number of hydrogen-bond acceptors (Lipinski definition) is 5. The van der Waals surface area contributed by atoms with Gasteiger partial charge in [-0.1, -0.05) is 23.4 Å². The maximum absolute atomic E-state index is 11.0. The summed E-state index contributed by atoms with van der Waals surface area (Å²) in [5.74, 6) is -1.03. The molecule has 0 radical (unpaired) electrons. The second-order valence-electron chi connectivity index (χ2n) is 6.18. The van der Waals surface area contributed by atoms with E-state index in [-0.39, 0.29) is 11.7 Å². The molecule has 1 saturated heterocycles. The molecule has 0 bridgehead atoms. The highest BCUT2D eigenvalue weighted by Gasteiger charge is 2.23. The molecule has 2 aromatic heterocycles. The molecule has 24 heavy (non-hydrogen) atoms. The number of nitrogens with zero attached hydrogens (tertiary/aromatic N) is 4. The number of carboxylic acids is 1. The van der Waals surface area contributed by atoms with Gasteiger partial charge in [0.15, 0.2) is 5.69 Å². The number of thiophene rings is 1. The largest absolute Gasteiger partial charge is 0.476 e.